The fraction of sp³-hybridized carbons (Fsp3) is 0.467. The maximum Gasteiger partial charge on any atom is 0.341 e. The summed E-state index contributed by atoms with van der Waals surface area (Å²) in [6.45, 7) is 0.263. The van der Waals surface area contributed by atoms with E-state index >= 15 is 0 Å². The van der Waals surface area contributed by atoms with E-state index in [1.165, 1.54) is 0 Å². The summed E-state index contributed by atoms with van der Waals surface area (Å²) in [7, 11) is 0. The lowest BCUT2D eigenvalue weighted by atomic mass is 10.1. The Kier molecular flexibility index (Phi) is 8.35. The van der Waals surface area contributed by atoms with Crippen LogP contribution in [0.15, 0.2) is 24.3 Å². The molecular weight excluding hydrogens is 290 g/mol. The Morgan fingerprint density at radius 2 is 2.00 bits per heavy atom. The number of carbonyl (C=O) groups is 2. The molecule has 0 aliphatic rings. The van der Waals surface area contributed by atoms with Crippen LogP contribution in [0.3, 0.4) is 0 Å². The summed E-state index contributed by atoms with van der Waals surface area (Å²) in [4.78, 5) is 21.9. The van der Waals surface area contributed by atoms with Gasteiger partial charge in [-0.25, -0.2) is 4.79 Å². The van der Waals surface area contributed by atoms with E-state index in [2.05, 4.69) is 5.32 Å². The molecule has 1 rings (SSSR count). The van der Waals surface area contributed by atoms with Gasteiger partial charge in [0.05, 0.1) is 0 Å². The molecule has 0 aliphatic heterocycles. The van der Waals surface area contributed by atoms with Crippen LogP contribution in [0.25, 0.3) is 0 Å². The molecule has 0 spiro atoms. The monoisotopic (exact) mass is 311 g/mol. The molecule has 5 nitrogen and oxygen atoms in total. The molecule has 1 aromatic carbocycles. The van der Waals surface area contributed by atoms with Crippen LogP contribution in [-0.4, -0.2) is 42.1 Å². The van der Waals surface area contributed by atoms with E-state index in [1.807, 2.05) is 18.4 Å². The van der Waals surface area contributed by atoms with Gasteiger partial charge >= 0.3 is 5.97 Å². The van der Waals surface area contributed by atoms with Gasteiger partial charge in [-0.1, -0.05) is 12.1 Å². The third-order valence-corrected chi connectivity index (χ3v) is 3.47. The highest BCUT2D eigenvalue weighted by Crippen LogP contribution is 2.12. The van der Waals surface area contributed by atoms with Crippen molar-refractivity contribution in [2.24, 2.45) is 0 Å². The molecule has 6 heteroatoms. The lowest BCUT2D eigenvalue weighted by Crippen LogP contribution is -2.25. The van der Waals surface area contributed by atoms with Crippen molar-refractivity contribution in [2.75, 3.05) is 25.2 Å². The van der Waals surface area contributed by atoms with E-state index < -0.39 is 5.97 Å². The van der Waals surface area contributed by atoms with Crippen molar-refractivity contribution in [1.82, 2.24) is 5.32 Å². The topological polar surface area (TPSA) is 75.6 Å². The number of carbonyl (C=O) groups excluding carboxylic acids is 1. The third-order valence-electron chi connectivity index (χ3n) is 2.77. The zero-order valence-electron chi connectivity index (χ0n) is 12.1. The number of amides is 1. The zero-order valence-corrected chi connectivity index (χ0v) is 12.9. The number of ether oxygens (including phenoxy) is 1. The Morgan fingerprint density at radius 3 is 2.62 bits per heavy atom. The average molecular weight is 311 g/mol. The molecule has 0 fully saturated rings. The van der Waals surface area contributed by atoms with Crippen LogP contribution in [-0.2, 0) is 16.0 Å². The number of nitrogens with one attached hydrogen (secondary N) is 1. The molecule has 1 aromatic rings. The molecule has 0 atom stereocenters. The number of hydrogen-bond donors (Lipinski definition) is 2. The van der Waals surface area contributed by atoms with Gasteiger partial charge in [0, 0.05) is 13.0 Å². The number of aliphatic carboxylic acids is 1. The Balaban J connectivity index is 2.23. The smallest absolute Gasteiger partial charge is 0.341 e. The number of benzene rings is 1. The highest BCUT2D eigenvalue weighted by atomic mass is 32.2. The number of hydrogen-bond acceptors (Lipinski definition) is 4. The highest BCUT2D eigenvalue weighted by molar-refractivity contribution is 7.98. The van der Waals surface area contributed by atoms with Crippen LogP contribution in [0.5, 0.6) is 5.75 Å². The van der Waals surface area contributed by atoms with E-state index in [0.717, 1.165) is 24.2 Å². The molecule has 0 saturated carbocycles. The Bertz CT molecular complexity index is 447. The van der Waals surface area contributed by atoms with Gasteiger partial charge in [0.2, 0.25) is 5.91 Å². The first-order valence-electron chi connectivity index (χ1n) is 6.81. The quantitative estimate of drug-likeness (QED) is 0.646. The van der Waals surface area contributed by atoms with E-state index in [4.69, 9.17) is 9.84 Å². The number of rotatable bonds is 10. The first kappa shape index (κ1) is 17.4. The zero-order chi connectivity index (χ0) is 15.5. The van der Waals surface area contributed by atoms with Crippen LogP contribution >= 0.6 is 11.8 Å². The van der Waals surface area contributed by atoms with Crippen molar-refractivity contribution in [2.45, 2.75) is 19.3 Å². The summed E-state index contributed by atoms with van der Waals surface area (Å²) in [6.07, 6.45) is 4.25. The minimum Gasteiger partial charge on any atom is -0.482 e. The van der Waals surface area contributed by atoms with Crippen LogP contribution in [0, 0.1) is 0 Å². The second kappa shape index (κ2) is 10.1. The molecule has 116 valence electrons. The van der Waals surface area contributed by atoms with Gasteiger partial charge in [0.15, 0.2) is 6.61 Å². The molecule has 0 radical (unpaired) electrons. The van der Waals surface area contributed by atoms with Crippen molar-refractivity contribution >= 4 is 23.6 Å². The van der Waals surface area contributed by atoms with Crippen LogP contribution < -0.4 is 10.1 Å². The summed E-state index contributed by atoms with van der Waals surface area (Å²) in [5.74, 6) is 0.626. The van der Waals surface area contributed by atoms with Crippen molar-refractivity contribution in [3.8, 4) is 5.75 Å². The van der Waals surface area contributed by atoms with E-state index in [1.54, 1.807) is 23.9 Å². The normalized spacial score (nSPS) is 10.1. The second-order valence-electron chi connectivity index (χ2n) is 4.52. The predicted molar refractivity (Wildman–Crippen MR) is 83.9 cm³/mol. The first-order valence-corrected chi connectivity index (χ1v) is 8.20. The largest absolute Gasteiger partial charge is 0.482 e. The second-order valence-corrected chi connectivity index (χ2v) is 5.51. The van der Waals surface area contributed by atoms with Gasteiger partial charge in [-0.05, 0) is 42.5 Å². The minimum atomic E-state index is -0.997. The number of carboxylic acids is 1. The lowest BCUT2D eigenvalue weighted by Gasteiger charge is -2.07. The van der Waals surface area contributed by atoms with Gasteiger partial charge < -0.3 is 15.2 Å². The molecule has 0 unspecified atom stereocenters. The Hall–Kier alpha value is -1.69. The SMILES string of the molecule is CSCCCC(=O)NCCc1ccc(OCC(=O)O)cc1. The predicted octanol–water partition coefficient (Wildman–Crippen LogP) is 1.95. The maximum atomic E-state index is 11.5. The molecule has 0 heterocycles. The maximum absolute atomic E-state index is 11.5. The van der Waals surface area contributed by atoms with Crippen LogP contribution in [0.1, 0.15) is 18.4 Å². The van der Waals surface area contributed by atoms with E-state index in [9.17, 15) is 9.59 Å². The third kappa shape index (κ3) is 8.24. The molecule has 0 aromatic heterocycles. The average Bonchev–Trinajstić information content (AvgIpc) is 2.46. The Labute approximate surface area is 129 Å². The van der Waals surface area contributed by atoms with Crippen LogP contribution in [0.4, 0.5) is 0 Å². The van der Waals surface area contributed by atoms with Crippen LogP contribution in [0.2, 0.25) is 0 Å². The fourth-order valence-corrected chi connectivity index (χ4v) is 2.14. The van der Waals surface area contributed by atoms with Gasteiger partial charge in [-0.15, -0.1) is 0 Å². The summed E-state index contributed by atoms with van der Waals surface area (Å²) in [5, 5.41) is 11.4. The van der Waals surface area contributed by atoms with Gasteiger partial charge in [-0.2, -0.15) is 11.8 Å². The highest BCUT2D eigenvalue weighted by Gasteiger charge is 2.02. The standard InChI is InChI=1S/C15H21NO4S/c1-21-10-2-3-14(17)16-9-8-12-4-6-13(7-5-12)20-11-15(18)19/h4-7H,2-3,8-11H2,1H3,(H,16,17)(H,18,19). The molecule has 1 amide bonds. The molecule has 0 bridgehead atoms. The minimum absolute atomic E-state index is 0.0884. The summed E-state index contributed by atoms with van der Waals surface area (Å²) >= 11 is 1.74. The lowest BCUT2D eigenvalue weighted by molar-refractivity contribution is -0.139. The molecular formula is C15H21NO4S. The molecule has 21 heavy (non-hydrogen) atoms. The fourth-order valence-electron chi connectivity index (χ4n) is 1.71. The molecule has 0 saturated heterocycles. The van der Waals surface area contributed by atoms with E-state index in [0.29, 0.717) is 18.7 Å². The first-order chi connectivity index (χ1) is 10.1. The Morgan fingerprint density at radius 1 is 1.29 bits per heavy atom. The van der Waals surface area contributed by atoms with Gasteiger partial charge in [0.25, 0.3) is 0 Å². The summed E-state index contributed by atoms with van der Waals surface area (Å²) in [6, 6.07) is 7.21. The number of carboxylic acid groups (broad SMARTS) is 1. The van der Waals surface area contributed by atoms with E-state index in [-0.39, 0.29) is 12.5 Å². The van der Waals surface area contributed by atoms with Crippen molar-refractivity contribution in [3.05, 3.63) is 29.8 Å². The number of thioether (sulfide) groups is 1. The van der Waals surface area contributed by atoms with Crippen molar-refractivity contribution in [3.63, 3.8) is 0 Å². The molecule has 2 N–H and O–H groups in total. The summed E-state index contributed by atoms with van der Waals surface area (Å²) < 4.78 is 5.05. The molecule has 0 aliphatic carbocycles. The van der Waals surface area contributed by atoms with Gasteiger partial charge in [-0.3, -0.25) is 4.79 Å². The van der Waals surface area contributed by atoms with Crippen molar-refractivity contribution < 1.29 is 19.4 Å². The van der Waals surface area contributed by atoms with Gasteiger partial charge in [0.1, 0.15) is 5.75 Å². The summed E-state index contributed by atoms with van der Waals surface area (Å²) in [5.41, 5.74) is 1.07. The van der Waals surface area contributed by atoms with Crippen molar-refractivity contribution in [1.29, 1.82) is 0 Å².